The second-order valence-corrected chi connectivity index (χ2v) is 4.25. The van der Waals surface area contributed by atoms with Gasteiger partial charge in [-0.25, -0.2) is 4.98 Å². The van der Waals surface area contributed by atoms with Crippen molar-refractivity contribution in [3.63, 3.8) is 0 Å². The van der Waals surface area contributed by atoms with Crippen LogP contribution in [-0.4, -0.2) is 24.1 Å². The van der Waals surface area contributed by atoms with Crippen molar-refractivity contribution in [3.05, 3.63) is 41.7 Å². The summed E-state index contributed by atoms with van der Waals surface area (Å²) < 4.78 is 11.0. The molecule has 0 unspecified atom stereocenters. The molecular weight excluding hydrogens is 254 g/mol. The molecule has 0 aliphatic rings. The molecule has 0 aliphatic heterocycles. The highest BCUT2D eigenvalue weighted by Gasteiger charge is 2.08. The zero-order valence-electron chi connectivity index (χ0n) is 12.0. The molecule has 1 aromatic carbocycles. The number of anilines is 1. The van der Waals surface area contributed by atoms with Gasteiger partial charge >= 0.3 is 0 Å². The molecule has 20 heavy (non-hydrogen) atoms. The Kier molecular flexibility index (Phi) is 4.90. The second-order valence-electron chi connectivity index (χ2n) is 4.25. The first-order valence-corrected chi connectivity index (χ1v) is 6.57. The summed E-state index contributed by atoms with van der Waals surface area (Å²) in [5, 5.41) is 2.99. The Balaban J connectivity index is 2.30. The van der Waals surface area contributed by atoms with Crippen LogP contribution in [0, 0.1) is 0 Å². The normalized spacial score (nSPS) is 10.3. The van der Waals surface area contributed by atoms with Gasteiger partial charge < -0.3 is 14.8 Å². The highest BCUT2D eigenvalue weighted by molar-refractivity contribution is 5.41. The SMILES string of the molecule is CCc1ccccc1Oc1cc(NC)nc(COC)n1. The van der Waals surface area contributed by atoms with E-state index in [2.05, 4.69) is 22.2 Å². The number of hydrogen-bond donors (Lipinski definition) is 1. The van der Waals surface area contributed by atoms with Crippen molar-refractivity contribution < 1.29 is 9.47 Å². The Hall–Kier alpha value is -2.14. The maximum Gasteiger partial charge on any atom is 0.224 e. The third kappa shape index (κ3) is 3.45. The van der Waals surface area contributed by atoms with Gasteiger partial charge in [-0.15, -0.1) is 0 Å². The topological polar surface area (TPSA) is 56.3 Å². The predicted octanol–water partition coefficient (Wildman–Crippen LogP) is 3.02. The molecule has 0 aliphatic carbocycles. The van der Waals surface area contributed by atoms with Crippen LogP contribution in [0.5, 0.6) is 11.6 Å². The summed E-state index contributed by atoms with van der Waals surface area (Å²) in [6.07, 6.45) is 0.908. The summed E-state index contributed by atoms with van der Waals surface area (Å²) in [5.41, 5.74) is 1.14. The van der Waals surface area contributed by atoms with E-state index in [1.54, 1.807) is 13.2 Å². The third-order valence-corrected chi connectivity index (χ3v) is 2.85. The van der Waals surface area contributed by atoms with Crippen molar-refractivity contribution in [3.8, 4) is 11.6 Å². The number of methoxy groups -OCH3 is 1. The molecule has 0 radical (unpaired) electrons. The van der Waals surface area contributed by atoms with E-state index in [1.807, 2.05) is 31.3 Å². The Morgan fingerprint density at radius 3 is 2.70 bits per heavy atom. The summed E-state index contributed by atoms with van der Waals surface area (Å²) in [7, 11) is 3.42. The lowest BCUT2D eigenvalue weighted by Gasteiger charge is -2.11. The van der Waals surface area contributed by atoms with Crippen LogP contribution in [-0.2, 0) is 17.8 Å². The molecule has 0 atom stereocenters. The monoisotopic (exact) mass is 273 g/mol. The average Bonchev–Trinajstić information content (AvgIpc) is 2.48. The van der Waals surface area contributed by atoms with Crippen LogP contribution >= 0.6 is 0 Å². The molecule has 0 bridgehead atoms. The van der Waals surface area contributed by atoms with E-state index in [4.69, 9.17) is 9.47 Å². The predicted molar refractivity (Wildman–Crippen MR) is 78.2 cm³/mol. The lowest BCUT2D eigenvalue weighted by molar-refractivity contribution is 0.177. The zero-order valence-corrected chi connectivity index (χ0v) is 12.0. The zero-order chi connectivity index (χ0) is 14.4. The number of aromatic nitrogens is 2. The van der Waals surface area contributed by atoms with Crippen LogP contribution in [0.25, 0.3) is 0 Å². The van der Waals surface area contributed by atoms with Gasteiger partial charge in [-0.2, -0.15) is 4.98 Å². The quantitative estimate of drug-likeness (QED) is 0.876. The second kappa shape index (κ2) is 6.86. The van der Waals surface area contributed by atoms with Crippen molar-refractivity contribution in [2.45, 2.75) is 20.0 Å². The molecule has 1 aromatic heterocycles. The maximum atomic E-state index is 5.88. The van der Waals surface area contributed by atoms with E-state index in [-0.39, 0.29) is 0 Å². The highest BCUT2D eigenvalue weighted by Crippen LogP contribution is 2.25. The van der Waals surface area contributed by atoms with Crippen LogP contribution in [0.3, 0.4) is 0 Å². The van der Waals surface area contributed by atoms with Gasteiger partial charge in [0.25, 0.3) is 0 Å². The van der Waals surface area contributed by atoms with Crippen molar-refractivity contribution >= 4 is 5.82 Å². The first kappa shape index (κ1) is 14.3. The molecule has 5 heteroatoms. The molecule has 1 heterocycles. The summed E-state index contributed by atoms with van der Waals surface area (Å²) >= 11 is 0. The van der Waals surface area contributed by atoms with E-state index in [0.717, 1.165) is 17.7 Å². The van der Waals surface area contributed by atoms with Crippen LogP contribution in [0.1, 0.15) is 18.3 Å². The van der Waals surface area contributed by atoms with Gasteiger partial charge in [0, 0.05) is 20.2 Å². The molecule has 0 saturated heterocycles. The van der Waals surface area contributed by atoms with Crippen LogP contribution < -0.4 is 10.1 Å². The Morgan fingerprint density at radius 1 is 1.20 bits per heavy atom. The molecule has 0 fully saturated rings. The largest absolute Gasteiger partial charge is 0.439 e. The molecule has 1 N–H and O–H groups in total. The molecular formula is C15H19N3O2. The number of rotatable bonds is 6. The number of nitrogens with one attached hydrogen (secondary N) is 1. The van der Waals surface area contributed by atoms with Gasteiger partial charge in [-0.1, -0.05) is 25.1 Å². The number of nitrogens with zero attached hydrogens (tertiary/aromatic N) is 2. The van der Waals surface area contributed by atoms with Gasteiger partial charge in [0.05, 0.1) is 0 Å². The van der Waals surface area contributed by atoms with E-state index in [0.29, 0.717) is 24.1 Å². The lowest BCUT2D eigenvalue weighted by Crippen LogP contribution is -2.03. The summed E-state index contributed by atoms with van der Waals surface area (Å²) in [6, 6.07) is 9.71. The fraction of sp³-hybridized carbons (Fsp3) is 0.333. The lowest BCUT2D eigenvalue weighted by atomic mass is 10.1. The summed E-state index contributed by atoms with van der Waals surface area (Å²) in [4.78, 5) is 8.64. The minimum atomic E-state index is 0.349. The maximum absolute atomic E-state index is 5.88. The molecule has 0 saturated carbocycles. The van der Waals surface area contributed by atoms with Crippen molar-refractivity contribution in [2.75, 3.05) is 19.5 Å². The summed E-state index contributed by atoms with van der Waals surface area (Å²) in [5.74, 6) is 2.62. The van der Waals surface area contributed by atoms with Crippen molar-refractivity contribution in [2.24, 2.45) is 0 Å². The van der Waals surface area contributed by atoms with Gasteiger partial charge in [0.1, 0.15) is 18.2 Å². The molecule has 0 spiro atoms. The number of hydrogen-bond acceptors (Lipinski definition) is 5. The molecule has 2 rings (SSSR count). The summed E-state index contributed by atoms with van der Waals surface area (Å²) in [6.45, 7) is 2.44. The number of ether oxygens (including phenoxy) is 2. The number of benzene rings is 1. The van der Waals surface area contributed by atoms with Crippen LogP contribution in [0.15, 0.2) is 30.3 Å². The molecule has 106 valence electrons. The van der Waals surface area contributed by atoms with Gasteiger partial charge in [-0.05, 0) is 18.1 Å². The van der Waals surface area contributed by atoms with Gasteiger partial charge in [0.2, 0.25) is 5.88 Å². The first-order valence-electron chi connectivity index (χ1n) is 6.57. The van der Waals surface area contributed by atoms with Gasteiger partial charge in [-0.3, -0.25) is 0 Å². The standard InChI is InChI=1S/C15H19N3O2/c1-4-11-7-5-6-8-12(11)20-15-9-13(16-2)17-14(18-15)10-19-3/h5-9H,4,10H2,1-3H3,(H,16,17,18). The average molecular weight is 273 g/mol. The molecule has 2 aromatic rings. The van der Waals surface area contributed by atoms with E-state index in [1.165, 1.54) is 0 Å². The number of aryl methyl sites for hydroxylation is 1. The van der Waals surface area contributed by atoms with Crippen LogP contribution in [0.4, 0.5) is 5.82 Å². The highest BCUT2D eigenvalue weighted by atomic mass is 16.5. The van der Waals surface area contributed by atoms with Crippen molar-refractivity contribution in [1.82, 2.24) is 9.97 Å². The van der Waals surface area contributed by atoms with E-state index >= 15 is 0 Å². The smallest absolute Gasteiger partial charge is 0.224 e. The first-order chi connectivity index (χ1) is 9.76. The Bertz CT molecular complexity index is 573. The van der Waals surface area contributed by atoms with Crippen molar-refractivity contribution in [1.29, 1.82) is 0 Å². The van der Waals surface area contributed by atoms with E-state index in [9.17, 15) is 0 Å². The van der Waals surface area contributed by atoms with E-state index < -0.39 is 0 Å². The number of para-hydroxylation sites is 1. The fourth-order valence-electron chi connectivity index (χ4n) is 1.85. The molecule has 5 nitrogen and oxygen atoms in total. The van der Waals surface area contributed by atoms with Gasteiger partial charge in [0.15, 0.2) is 5.82 Å². The molecule has 0 amide bonds. The van der Waals surface area contributed by atoms with Crippen LogP contribution in [0.2, 0.25) is 0 Å². The third-order valence-electron chi connectivity index (χ3n) is 2.85. The minimum absolute atomic E-state index is 0.349. The Labute approximate surface area is 119 Å². The minimum Gasteiger partial charge on any atom is -0.439 e. The fourth-order valence-corrected chi connectivity index (χ4v) is 1.85. The Morgan fingerprint density at radius 2 is 2.00 bits per heavy atom.